The fourth-order valence-corrected chi connectivity index (χ4v) is 2.30. The standard InChI is InChI=1S/C18H17N3O2/c1-13(14-8-4-2-5-9-14)19-16-12-23-18(22)17(16)21-20-15-10-6-3-7-11-15/h2-11,13,19H,12H2,1H3/t13-/m0/s1. The third kappa shape index (κ3) is 3.63. The van der Waals surface area contributed by atoms with Crippen LogP contribution in [-0.2, 0) is 9.53 Å². The SMILES string of the molecule is C[C@H](NC1=C(N=Nc2ccccc2)C(=O)OC1)c1ccccc1. The molecule has 2 aromatic carbocycles. The molecule has 0 fully saturated rings. The lowest BCUT2D eigenvalue weighted by Gasteiger charge is -2.15. The van der Waals surface area contributed by atoms with E-state index >= 15 is 0 Å². The number of cyclic esters (lactones) is 1. The Morgan fingerprint density at radius 1 is 1.00 bits per heavy atom. The summed E-state index contributed by atoms with van der Waals surface area (Å²) in [6, 6.07) is 19.3. The maximum absolute atomic E-state index is 11.9. The number of esters is 1. The van der Waals surface area contributed by atoms with E-state index in [0.29, 0.717) is 11.4 Å². The number of carbonyl (C=O) groups is 1. The molecule has 1 heterocycles. The van der Waals surface area contributed by atoms with E-state index in [1.54, 1.807) is 0 Å². The molecular weight excluding hydrogens is 290 g/mol. The van der Waals surface area contributed by atoms with Gasteiger partial charge < -0.3 is 10.1 Å². The van der Waals surface area contributed by atoms with E-state index in [4.69, 9.17) is 4.74 Å². The van der Waals surface area contributed by atoms with Gasteiger partial charge in [0.2, 0.25) is 0 Å². The van der Waals surface area contributed by atoms with Gasteiger partial charge in [0.05, 0.1) is 11.4 Å². The molecule has 0 bridgehead atoms. The monoisotopic (exact) mass is 307 g/mol. The van der Waals surface area contributed by atoms with Gasteiger partial charge in [-0.05, 0) is 24.6 Å². The second kappa shape index (κ2) is 6.87. The quantitative estimate of drug-likeness (QED) is 0.673. The zero-order chi connectivity index (χ0) is 16.1. The highest BCUT2D eigenvalue weighted by Gasteiger charge is 2.26. The van der Waals surface area contributed by atoms with Crippen molar-refractivity contribution >= 4 is 11.7 Å². The Hall–Kier alpha value is -2.95. The van der Waals surface area contributed by atoms with E-state index < -0.39 is 5.97 Å². The van der Waals surface area contributed by atoms with Gasteiger partial charge in [-0.1, -0.05) is 48.5 Å². The molecule has 0 spiro atoms. The average Bonchev–Trinajstić information content (AvgIpc) is 2.94. The molecule has 0 aromatic heterocycles. The third-order valence-electron chi connectivity index (χ3n) is 3.54. The molecule has 0 radical (unpaired) electrons. The Morgan fingerprint density at radius 3 is 2.35 bits per heavy atom. The zero-order valence-corrected chi connectivity index (χ0v) is 12.8. The second-order valence-corrected chi connectivity index (χ2v) is 5.22. The lowest BCUT2D eigenvalue weighted by molar-refractivity contribution is -0.136. The summed E-state index contributed by atoms with van der Waals surface area (Å²) in [5.41, 5.74) is 2.71. The van der Waals surface area contributed by atoms with Gasteiger partial charge in [-0.25, -0.2) is 4.79 Å². The second-order valence-electron chi connectivity index (χ2n) is 5.22. The van der Waals surface area contributed by atoms with Crippen molar-refractivity contribution in [3.05, 3.63) is 77.6 Å². The molecule has 0 amide bonds. The van der Waals surface area contributed by atoms with Gasteiger partial charge in [0.25, 0.3) is 0 Å². The van der Waals surface area contributed by atoms with E-state index in [9.17, 15) is 4.79 Å². The first-order valence-electron chi connectivity index (χ1n) is 7.42. The fraction of sp³-hybridized carbons (Fsp3) is 0.167. The Balaban J connectivity index is 1.79. The van der Waals surface area contributed by atoms with Crippen LogP contribution >= 0.6 is 0 Å². The molecular formula is C18H17N3O2. The zero-order valence-electron chi connectivity index (χ0n) is 12.8. The van der Waals surface area contributed by atoms with Crippen LogP contribution in [0.25, 0.3) is 0 Å². The highest BCUT2D eigenvalue weighted by molar-refractivity contribution is 5.91. The van der Waals surface area contributed by atoms with Crippen molar-refractivity contribution in [2.24, 2.45) is 10.2 Å². The molecule has 0 saturated heterocycles. The summed E-state index contributed by atoms with van der Waals surface area (Å²) in [5.74, 6) is -0.451. The highest BCUT2D eigenvalue weighted by Crippen LogP contribution is 2.22. The van der Waals surface area contributed by atoms with Gasteiger partial charge in [0, 0.05) is 6.04 Å². The van der Waals surface area contributed by atoms with Crippen molar-refractivity contribution in [3.63, 3.8) is 0 Å². The molecule has 116 valence electrons. The maximum Gasteiger partial charge on any atom is 0.361 e. The van der Waals surface area contributed by atoms with Gasteiger partial charge in [-0.3, -0.25) is 0 Å². The third-order valence-corrected chi connectivity index (χ3v) is 3.54. The van der Waals surface area contributed by atoms with Gasteiger partial charge in [0.1, 0.15) is 6.61 Å². The smallest absolute Gasteiger partial charge is 0.361 e. The molecule has 0 saturated carbocycles. The van der Waals surface area contributed by atoms with Crippen LogP contribution in [0.15, 0.2) is 82.3 Å². The fourth-order valence-electron chi connectivity index (χ4n) is 2.30. The molecule has 1 aliphatic rings. The molecule has 1 aliphatic heterocycles. The van der Waals surface area contributed by atoms with Crippen molar-refractivity contribution in [3.8, 4) is 0 Å². The van der Waals surface area contributed by atoms with Crippen LogP contribution in [0.1, 0.15) is 18.5 Å². The van der Waals surface area contributed by atoms with Gasteiger partial charge in [0.15, 0.2) is 5.70 Å². The first-order chi connectivity index (χ1) is 11.2. The number of hydrogen-bond acceptors (Lipinski definition) is 5. The number of rotatable bonds is 5. The van der Waals surface area contributed by atoms with E-state index in [1.807, 2.05) is 67.6 Å². The van der Waals surface area contributed by atoms with Crippen molar-refractivity contribution < 1.29 is 9.53 Å². The molecule has 0 aliphatic carbocycles. The summed E-state index contributed by atoms with van der Waals surface area (Å²) < 4.78 is 5.07. The van der Waals surface area contributed by atoms with Crippen molar-refractivity contribution in [2.45, 2.75) is 13.0 Å². The lowest BCUT2D eigenvalue weighted by Crippen LogP contribution is -2.19. The number of nitrogens with one attached hydrogen (secondary N) is 1. The van der Waals surface area contributed by atoms with Crippen molar-refractivity contribution in [2.75, 3.05) is 6.61 Å². The molecule has 1 atom stereocenters. The lowest BCUT2D eigenvalue weighted by atomic mass is 10.1. The van der Waals surface area contributed by atoms with Crippen molar-refractivity contribution in [1.82, 2.24) is 5.32 Å². The molecule has 5 nitrogen and oxygen atoms in total. The van der Waals surface area contributed by atoms with Crippen LogP contribution < -0.4 is 5.32 Å². The van der Waals surface area contributed by atoms with Crippen LogP contribution in [-0.4, -0.2) is 12.6 Å². The molecule has 0 unspecified atom stereocenters. The maximum atomic E-state index is 11.9. The van der Waals surface area contributed by atoms with E-state index in [0.717, 1.165) is 5.56 Å². The van der Waals surface area contributed by atoms with Crippen LogP contribution in [0.2, 0.25) is 0 Å². The average molecular weight is 307 g/mol. The van der Waals surface area contributed by atoms with Crippen LogP contribution in [0.5, 0.6) is 0 Å². The Bertz CT molecular complexity index is 739. The molecule has 5 heteroatoms. The number of carbonyl (C=O) groups excluding carboxylic acids is 1. The number of nitrogens with zero attached hydrogens (tertiary/aromatic N) is 2. The minimum Gasteiger partial charge on any atom is -0.454 e. The summed E-state index contributed by atoms with van der Waals surface area (Å²) >= 11 is 0. The minimum atomic E-state index is -0.451. The summed E-state index contributed by atoms with van der Waals surface area (Å²) in [6.45, 7) is 2.22. The summed E-state index contributed by atoms with van der Waals surface area (Å²) in [6.07, 6.45) is 0. The first kappa shape index (κ1) is 15.0. The number of azo groups is 1. The highest BCUT2D eigenvalue weighted by atomic mass is 16.5. The van der Waals surface area contributed by atoms with Crippen LogP contribution in [0.3, 0.4) is 0 Å². The number of ether oxygens (including phenoxy) is 1. The van der Waals surface area contributed by atoms with E-state index in [1.165, 1.54) is 0 Å². The molecule has 2 aromatic rings. The topological polar surface area (TPSA) is 63.0 Å². The number of benzene rings is 2. The van der Waals surface area contributed by atoms with Gasteiger partial charge in [-0.2, -0.15) is 5.11 Å². The summed E-state index contributed by atoms with van der Waals surface area (Å²) in [4.78, 5) is 11.9. The summed E-state index contributed by atoms with van der Waals surface area (Å²) in [5, 5.41) is 11.5. The normalized spacial score (nSPS) is 15.8. The Morgan fingerprint density at radius 2 is 1.65 bits per heavy atom. The van der Waals surface area contributed by atoms with Gasteiger partial charge in [-0.15, -0.1) is 5.11 Å². The van der Waals surface area contributed by atoms with Crippen LogP contribution in [0.4, 0.5) is 5.69 Å². The largest absolute Gasteiger partial charge is 0.454 e. The molecule has 1 N–H and O–H groups in total. The summed E-state index contributed by atoms with van der Waals surface area (Å²) in [7, 11) is 0. The van der Waals surface area contributed by atoms with E-state index in [-0.39, 0.29) is 18.3 Å². The Labute approximate surface area is 134 Å². The predicted octanol–water partition coefficient (Wildman–Crippen LogP) is 3.89. The van der Waals surface area contributed by atoms with Crippen molar-refractivity contribution in [1.29, 1.82) is 0 Å². The number of hydrogen-bond donors (Lipinski definition) is 1. The van der Waals surface area contributed by atoms with E-state index in [2.05, 4.69) is 15.5 Å². The first-order valence-corrected chi connectivity index (χ1v) is 7.42. The van der Waals surface area contributed by atoms with Gasteiger partial charge >= 0.3 is 5.97 Å². The molecule has 3 rings (SSSR count). The molecule has 23 heavy (non-hydrogen) atoms. The Kier molecular flexibility index (Phi) is 4.47. The predicted molar refractivity (Wildman–Crippen MR) is 86.9 cm³/mol. The van der Waals surface area contributed by atoms with Crippen LogP contribution in [0, 0.1) is 0 Å². The minimum absolute atomic E-state index is 0.0441.